The van der Waals surface area contributed by atoms with Crippen LogP contribution in [0, 0.1) is 0 Å². The minimum Gasteiger partial charge on any atom is -0.393 e. The van der Waals surface area contributed by atoms with E-state index in [1.807, 2.05) is 38.1 Å². The Morgan fingerprint density at radius 3 is 2.43 bits per heavy atom. The van der Waals surface area contributed by atoms with Crippen LogP contribution in [0.15, 0.2) is 24.3 Å². The van der Waals surface area contributed by atoms with E-state index in [1.54, 1.807) is 0 Å². The fourth-order valence-electron chi connectivity index (χ4n) is 2.90. The molecule has 1 N–H and O–H groups in total. The van der Waals surface area contributed by atoms with Crippen LogP contribution >= 0.6 is 0 Å². The van der Waals surface area contributed by atoms with Crippen LogP contribution < -0.4 is 0 Å². The molecule has 0 saturated carbocycles. The molecule has 1 aliphatic heterocycles. The van der Waals surface area contributed by atoms with Gasteiger partial charge in [-0.1, -0.05) is 24.3 Å². The van der Waals surface area contributed by atoms with E-state index in [-0.39, 0.29) is 11.9 Å². The minimum atomic E-state index is -0.513. The van der Waals surface area contributed by atoms with Crippen molar-refractivity contribution in [2.45, 2.75) is 51.0 Å². The summed E-state index contributed by atoms with van der Waals surface area (Å²) in [5.41, 5.74) is 1.13. The lowest BCUT2D eigenvalue weighted by molar-refractivity contribution is -0.111. The number of nitrogens with zero attached hydrogens (tertiary/aromatic N) is 1. The number of ketones is 1. The number of aliphatic hydroxyl groups is 1. The van der Waals surface area contributed by atoms with Crippen LogP contribution in [0.25, 0.3) is 0 Å². The van der Waals surface area contributed by atoms with E-state index in [4.69, 9.17) is 0 Å². The van der Waals surface area contributed by atoms with Crippen molar-refractivity contribution in [1.29, 1.82) is 0 Å². The van der Waals surface area contributed by atoms with E-state index in [0.29, 0.717) is 12.0 Å². The number of benzene rings is 1. The molecule has 2 rings (SSSR count). The molecule has 0 aliphatic carbocycles. The molecular formula is C19H27NO3. The highest BCUT2D eigenvalue weighted by Gasteiger charge is 2.20. The predicted molar refractivity (Wildman–Crippen MR) is 90.8 cm³/mol. The molecule has 4 heteroatoms. The van der Waals surface area contributed by atoms with Crippen LogP contribution in [0.3, 0.4) is 0 Å². The number of hydrogen-bond donors (Lipinski definition) is 1. The average molecular weight is 317 g/mol. The van der Waals surface area contributed by atoms with Crippen LogP contribution in [-0.2, 0) is 10.2 Å². The van der Waals surface area contributed by atoms with E-state index in [9.17, 15) is 14.7 Å². The summed E-state index contributed by atoms with van der Waals surface area (Å²) >= 11 is 0. The van der Waals surface area contributed by atoms with Crippen molar-refractivity contribution in [3.05, 3.63) is 35.4 Å². The zero-order valence-corrected chi connectivity index (χ0v) is 14.1. The van der Waals surface area contributed by atoms with Crippen molar-refractivity contribution in [2.75, 3.05) is 19.6 Å². The molecule has 0 amide bonds. The Morgan fingerprint density at radius 2 is 1.87 bits per heavy atom. The summed E-state index contributed by atoms with van der Waals surface area (Å²) in [4.78, 5) is 25.6. The van der Waals surface area contributed by atoms with Crippen molar-refractivity contribution < 1.29 is 14.7 Å². The Balaban J connectivity index is 1.80. The van der Waals surface area contributed by atoms with Gasteiger partial charge < -0.3 is 14.8 Å². The van der Waals surface area contributed by atoms with Gasteiger partial charge in [0.05, 0.1) is 6.10 Å². The van der Waals surface area contributed by atoms with Gasteiger partial charge in [0.2, 0.25) is 0 Å². The number of Topliss-reactive ketones (excluding diaryl/α,β-unsaturated/α-hetero) is 1. The van der Waals surface area contributed by atoms with Crippen molar-refractivity contribution in [1.82, 2.24) is 4.90 Å². The van der Waals surface area contributed by atoms with Crippen LogP contribution in [0.5, 0.6) is 0 Å². The molecule has 1 aromatic rings. The molecule has 0 atom stereocenters. The lowest BCUT2D eigenvalue weighted by Crippen LogP contribution is -2.36. The second-order valence-electron chi connectivity index (χ2n) is 7.02. The topological polar surface area (TPSA) is 57.6 Å². The summed E-state index contributed by atoms with van der Waals surface area (Å²) in [5.74, 6) is 0.150. The second kappa shape index (κ2) is 7.84. The molecule has 1 aliphatic rings. The largest absolute Gasteiger partial charge is 0.393 e. The Labute approximate surface area is 138 Å². The summed E-state index contributed by atoms with van der Waals surface area (Å²) < 4.78 is 0. The third-order valence-electron chi connectivity index (χ3n) is 4.68. The normalized spacial score (nSPS) is 17.2. The van der Waals surface area contributed by atoms with E-state index in [0.717, 1.165) is 50.7 Å². The number of piperidine rings is 1. The van der Waals surface area contributed by atoms with Gasteiger partial charge >= 0.3 is 0 Å². The third kappa shape index (κ3) is 4.98. The summed E-state index contributed by atoms with van der Waals surface area (Å²) in [6.07, 6.45) is 3.83. The van der Waals surface area contributed by atoms with Crippen LogP contribution in [-0.4, -0.2) is 47.8 Å². The van der Waals surface area contributed by atoms with Crippen LogP contribution in [0.1, 0.15) is 55.5 Å². The fraction of sp³-hybridized carbons (Fsp3) is 0.579. The summed E-state index contributed by atoms with van der Waals surface area (Å²) in [6, 6.07) is 7.38. The smallest absolute Gasteiger partial charge is 0.162 e. The maximum absolute atomic E-state index is 12.2. The van der Waals surface area contributed by atoms with Gasteiger partial charge in [0.1, 0.15) is 6.29 Å². The van der Waals surface area contributed by atoms with Crippen molar-refractivity contribution in [2.24, 2.45) is 0 Å². The van der Waals surface area contributed by atoms with Crippen LogP contribution in [0.4, 0.5) is 0 Å². The fourth-order valence-corrected chi connectivity index (χ4v) is 2.90. The first kappa shape index (κ1) is 17.8. The molecule has 1 saturated heterocycles. The molecule has 23 heavy (non-hydrogen) atoms. The van der Waals surface area contributed by atoms with E-state index >= 15 is 0 Å². The van der Waals surface area contributed by atoms with Gasteiger partial charge in [-0.15, -0.1) is 0 Å². The average Bonchev–Trinajstić information content (AvgIpc) is 2.56. The summed E-state index contributed by atoms with van der Waals surface area (Å²) in [7, 11) is 0. The highest BCUT2D eigenvalue weighted by Crippen LogP contribution is 2.21. The SMILES string of the molecule is CC(C)(C=O)c1ccc(C(=O)CCCN2CCC(O)CC2)cc1. The third-order valence-corrected chi connectivity index (χ3v) is 4.68. The zero-order valence-electron chi connectivity index (χ0n) is 14.1. The Bertz CT molecular complexity index is 528. The Hall–Kier alpha value is -1.52. The molecule has 0 spiro atoms. The van der Waals surface area contributed by atoms with Gasteiger partial charge in [-0.2, -0.15) is 0 Å². The minimum absolute atomic E-state index is 0.150. The van der Waals surface area contributed by atoms with Crippen molar-refractivity contribution in [3.8, 4) is 0 Å². The maximum atomic E-state index is 12.2. The van der Waals surface area contributed by atoms with E-state index in [2.05, 4.69) is 4.90 Å². The van der Waals surface area contributed by atoms with Crippen molar-refractivity contribution in [3.63, 3.8) is 0 Å². The summed E-state index contributed by atoms with van der Waals surface area (Å²) in [5, 5.41) is 9.48. The molecule has 126 valence electrons. The molecule has 0 radical (unpaired) electrons. The molecule has 4 nitrogen and oxygen atoms in total. The monoisotopic (exact) mass is 317 g/mol. The first-order valence-corrected chi connectivity index (χ1v) is 8.43. The quantitative estimate of drug-likeness (QED) is 0.620. The molecule has 1 heterocycles. The van der Waals surface area contributed by atoms with Gasteiger partial charge in [-0.25, -0.2) is 0 Å². The lowest BCUT2D eigenvalue weighted by Gasteiger charge is -2.29. The number of aliphatic hydroxyl groups excluding tert-OH is 1. The highest BCUT2D eigenvalue weighted by molar-refractivity contribution is 5.96. The van der Waals surface area contributed by atoms with Gasteiger partial charge in [0.15, 0.2) is 5.78 Å². The van der Waals surface area contributed by atoms with Crippen LogP contribution in [0.2, 0.25) is 0 Å². The first-order valence-electron chi connectivity index (χ1n) is 8.43. The summed E-state index contributed by atoms with van der Waals surface area (Å²) in [6.45, 7) is 6.49. The number of rotatable bonds is 7. The Morgan fingerprint density at radius 1 is 1.26 bits per heavy atom. The Kier molecular flexibility index (Phi) is 6.08. The molecular weight excluding hydrogens is 290 g/mol. The molecule has 0 bridgehead atoms. The molecule has 1 fully saturated rings. The van der Waals surface area contributed by atoms with Crippen molar-refractivity contribution >= 4 is 12.1 Å². The zero-order chi connectivity index (χ0) is 16.9. The molecule has 0 unspecified atom stereocenters. The number of hydrogen-bond acceptors (Lipinski definition) is 4. The van der Waals surface area contributed by atoms with Gasteiger partial charge in [-0.3, -0.25) is 4.79 Å². The van der Waals surface area contributed by atoms with Gasteiger partial charge in [-0.05, 0) is 45.2 Å². The number of aldehydes is 1. The first-order chi connectivity index (χ1) is 10.9. The highest BCUT2D eigenvalue weighted by atomic mass is 16.3. The van der Waals surface area contributed by atoms with Gasteiger partial charge in [0.25, 0.3) is 0 Å². The standard InChI is InChI=1S/C19H27NO3/c1-19(2,14-21)16-7-5-15(6-8-16)18(23)4-3-11-20-12-9-17(22)10-13-20/h5-8,14,17,22H,3-4,9-13H2,1-2H3. The van der Waals surface area contributed by atoms with Gasteiger partial charge in [0, 0.05) is 30.5 Å². The lowest BCUT2D eigenvalue weighted by atomic mass is 9.85. The molecule has 0 aromatic heterocycles. The number of carbonyl (C=O) groups excluding carboxylic acids is 2. The molecule has 1 aromatic carbocycles. The second-order valence-corrected chi connectivity index (χ2v) is 7.02. The maximum Gasteiger partial charge on any atom is 0.162 e. The number of carbonyl (C=O) groups is 2. The number of likely N-dealkylation sites (tertiary alicyclic amines) is 1. The van der Waals surface area contributed by atoms with E-state index < -0.39 is 5.41 Å². The van der Waals surface area contributed by atoms with E-state index in [1.165, 1.54) is 0 Å². The predicted octanol–water partition coefficient (Wildman–Crippen LogP) is 2.58.